The van der Waals surface area contributed by atoms with Crippen molar-refractivity contribution in [2.24, 2.45) is 5.41 Å². The van der Waals surface area contributed by atoms with E-state index in [1.165, 1.54) is 5.57 Å². The van der Waals surface area contributed by atoms with Crippen LogP contribution in [0.5, 0.6) is 0 Å². The van der Waals surface area contributed by atoms with Crippen molar-refractivity contribution in [2.75, 3.05) is 0 Å². The Labute approximate surface area is 92.5 Å². The van der Waals surface area contributed by atoms with Crippen molar-refractivity contribution in [3.05, 3.63) is 9.15 Å². The van der Waals surface area contributed by atoms with Crippen molar-refractivity contribution in [3.8, 4) is 0 Å². The molecule has 1 rings (SSSR count). The summed E-state index contributed by atoms with van der Waals surface area (Å²) in [6.07, 6.45) is 2.05. The first-order valence-electron chi connectivity index (χ1n) is 4.39. The van der Waals surface area contributed by atoms with Crippen LogP contribution in [-0.4, -0.2) is 17.0 Å². The van der Waals surface area contributed by atoms with E-state index in [0.29, 0.717) is 12.7 Å². The third kappa shape index (κ3) is 1.56. The zero-order valence-corrected chi connectivity index (χ0v) is 10.4. The first kappa shape index (κ1) is 11.2. The Balaban J connectivity index is 3.19. The van der Waals surface area contributed by atoms with Gasteiger partial charge in [-0.15, -0.1) is 0 Å². The van der Waals surface area contributed by atoms with Gasteiger partial charge in [-0.3, -0.25) is 0 Å². The van der Waals surface area contributed by atoms with Crippen molar-refractivity contribution in [3.63, 3.8) is 0 Å². The van der Waals surface area contributed by atoms with Gasteiger partial charge in [-0.1, -0.05) is 19.4 Å². The lowest BCUT2D eigenvalue weighted by molar-refractivity contribution is -0.135. The highest BCUT2D eigenvalue weighted by molar-refractivity contribution is 14.1. The van der Waals surface area contributed by atoms with Gasteiger partial charge in [0, 0.05) is 5.41 Å². The minimum atomic E-state index is -1.18. The van der Waals surface area contributed by atoms with Crippen molar-refractivity contribution in [2.45, 2.75) is 39.2 Å². The maximum Gasteiger partial charge on any atom is 0.152 e. The average Bonchev–Trinajstić information content (AvgIpc) is 2.09. The molecule has 0 fully saturated rings. The zero-order chi connectivity index (χ0) is 10.3. The number of hydrogen-bond acceptors (Lipinski definition) is 2. The Hall–Kier alpha value is 0.100. The van der Waals surface area contributed by atoms with E-state index in [2.05, 4.69) is 29.5 Å². The molecule has 0 radical (unpaired) electrons. The fourth-order valence-electron chi connectivity index (χ4n) is 1.73. The summed E-state index contributed by atoms with van der Waals surface area (Å²) in [6, 6.07) is 0. The molecule has 0 unspecified atom stereocenters. The Morgan fingerprint density at radius 1 is 1.54 bits per heavy atom. The molecular weight excluding hydrogens is 279 g/mol. The maximum absolute atomic E-state index is 10.9. The van der Waals surface area contributed by atoms with Gasteiger partial charge < -0.3 is 9.90 Å². The van der Waals surface area contributed by atoms with E-state index in [4.69, 9.17) is 0 Å². The predicted octanol–water partition coefficient (Wildman–Crippen LogP) is 2.45. The predicted molar refractivity (Wildman–Crippen MR) is 60.7 cm³/mol. The molecule has 1 atom stereocenters. The van der Waals surface area contributed by atoms with E-state index < -0.39 is 11.0 Å². The molecule has 0 bridgehead atoms. The van der Waals surface area contributed by atoms with E-state index in [1.54, 1.807) is 0 Å². The minimum Gasteiger partial charge on any atom is -0.381 e. The van der Waals surface area contributed by atoms with Gasteiger partial charge in [-0.2, -0.15) is 0 Å². The van der Waals surface area contributed by atoms with Crippen LogP contribution >= 0.6 is 22.6 Å². The number of aldehydes is 1. The molecule has 2 nitrogen and oxygen atoms in total. The summed E-state index contributed by atoms with van der Waals surface area (Å²) in [7, 11) is 0. The van der Waals surface area contributed by atoms with E-state index >= 15 is 0 Å². The topological polar surface area (TPSA) is 37.3 Å². The molecule has 3 heteroatoms. The highest BCUT2D eigenvalue weighted by Crippen LogP contribution is 2.49. The number of carbonyl (C=O) groups is 1. The molecule has 1 N–H and O–H groups in total. The van der Waals surface area contributed by atoms with Crippen LogP contribution in [0.1, 0.15) is 33.6 Å². The molecular formula is C10H15IO2. The molecule has 0 aromatic heterocycles. The molecule has 0 aromatic rings. The van der Waals surface area contributed by atoms with Crippen molar-refractivity contribution in [1.82, 2.24) is 0 Å². The van der Waals surface area contributed by atoms with Crippen LogP contribution in [0, 0.1) is 5.41 Å². The Morgan fingerprint density at radius 2 is 2.08 bits per heavy atom. The van der Waals surface area contributed by atoms with Gasteiger partial charge >= 0.3 is 0 Å². The first-order valence-corrected chi connectivity index (χ1v) is 5.47. The van der Waals surface area contributed by atoms with Crippen LogP contribution in [0.4, 0.5) is 0 Å². The second-order valence-electron chi connectivity index (χ2n) is 4.26. The van der Waals surface area contributed by atoms with Gasteiger partial charge in [0.1, 0.15) is 5.60 Å². The number of rotatable bonds is 1. The molecule has 0 saturated carbocycles. The van der Waals surface area contributed by atoms with Crippen molar-refractivity contribution < 1.29 is 9.90 Å². The van der Waals surface area contributed by atoms with Gasteiger partial charge in [-0.05, 0) is 45.9 Å². The molecule has 1 aliphatic rings. The van der Waals surface area contributed by atoms with Crippen LogP contribution in [0.3, 0.4) is 0 Å². The molecule has 0 aliphatic heterocycles. The highest BCUT2D eigenvalue weighted by atomic mass is 127. The van der Waals surface area contributed by atoms with Crippen molar-refractivity contribution >= 4 is 28.9 Å². The molecule has 0 spiro atoms. The molecule has 0 saturated heterocycles. The largest absolute Gasteiger partial charge is 0.381 e. The second-order valence-corrected chi connectivity index (χ2v) is 5.34. The quantitative estimate of drug-likeness (QED) is 0.596. The summed E-state index contributed by atoms with van der Waals surface area (Å²) < 4.78 is 1.12. The lowest BCUT2D eigenvalue weighted by Crippen LogP contribution is -2.48. The maximum atomic E-state index is 10.9. The summed E-state index contributed by atoms with van der Waals surface area (Å²) in [6.45, 7) is 5.91. The number of carbonyl (C=O) groups excluding carboxylic acids is 1. The van der Waals surface area contributed by atoms with Gasteiger partial charge in [0.15, 0.2) is 6.29 Å². The summed E-state index contributed by atoms with van der Waals surface area (Å²) in [5.74, 6) is 0. The van der Waals surface area contributed by atoms with E-state index in [9.17, 15) is 9.90 Å². The Morgan fingerprint density at radius 3 is 2.54 bits per heavy atom. The lowest BCUT2D eigenvalue weighted by atomic mass is 9.68. The second kappa shape index (κ2) is 3.35. The third-order valence-corrected chi connectivity index (χ3v) is 5.35. The van der Waals surface area contributed by atoms with E-state index in [0.717, 1.165) is 10.0 Å². The van der Waals surface area contributed by atoms with Gasteiger partial charge in [0.2, 0.25) is 0 Å². The van der Waals surface area contributed by atoms with Gasteiger partial charge in [0.05, 0.1) is 0 Å². The molecule has 74 valence electrons. The highest BCUT2D eigenvalue weighted by Gasteiger charge is 2.48. The van der Waals surface area contributed by atoms with Crippen molar-refractivity contribution in [1.29, 1.82) is 0 Å². The van der Waals surface area contributed by atoms with Gasteiger partial charge in [-0.25, -0.2) is 0 Å². The monoisotopic (exact) mass is 294 g/mol. The SMILES string of the molecule is CC1=C(I)C(C)(C)[C@@](O)(C=O)CC1. The molecule has 0 heterocycles. The standard InChI is InChI=1S/C10H15IO2/c1-7-4-5-10(13,6-12)9(2,3)8(7)11/h6,13H,4-5H2,1-3H3/t10-/m0/s1. The average molecular weight is 294 g/mol. The zero-order valence-electron chi connectivity index (χ0n) is 8.22. The molecule has 0 aromatic carbocycles. The van der Waals surface area contributed by atoms with Crippen LogP contribution in [-0.2, 0) is 4.79 Å². The summed E-state index contributed by atoms with van der Waals surface area (Å²) in [5.41, 5.74) is -0.321. The van der Waals surface area contributed by atoms with Crippen LogP contribution < -0.4 is 0 Å². The normalized spacial score (nSPS) is 33.3. The fraction of sp³-hybridized carbons (Fsp3) is 0.700. The minimum absolute atomic E-state index is 0.433. The van der Waals surface area contributed by atoms with Crippen LogP contribution in [0.15, 0.2) is 9.15 Å². The Bertz CT molecular complexity index is 268. The summed E-state index contributed by atoms with van der Waals surface area (Å²) in [4.78, 5) is 10.9. The smallest absolute Gasteiger partial charge is 0.152 e. The fourth-order valence-corrected chi connectivity index (χ4v) is 2.47. The number of allylic oxidation sites excluding steroid dienone is 1. The molecule has 1 aliphatic carbocycles. The first-order chi connectivity index (χ1) is 5.85. The number of halogens is 1. The number of hydrogen-bond donors (Lipinski definition) is 1. The Kier molecular flexibility index (Phi) is 2.88. The van der Waals surface area contributed by atoms with E-state index in [1.807, 2.05) is 13.8 Å². The lowest BCUT2D eigenvalue weighted by Gasteiger charge is -2.43. The van der Waals surface area contributed by atoms with Gasteiger partial charge in [0.25, 0.3) is 0 Å². The summed E-state index contributed by atoms with van der Waals surface area (Å²) in [5, 5.41) is 10.1. The van der Waals surface area contributed by atoms with E-state index in [-0.39, 0.29) is 0 Å². The number of aliphatic hydroxyl groups is 1. The summed E-state index contributed by atoms with van der Waals surface area (Å²) >= 11 is 2.23. The third-order valence-electron chi connectivity index (χ3n) is 3.08. The van der Waals surface area contributed by atoms with Crippen LogP contribution in [0.25, 0.3) is 0 Å². The molecule has 0 amide bonds. The van der Waals surface area contributed by atoms with Crippen LogP contribution in [0.2, 0.25) is 0 Å². The molecule has 13 heavy (non-hydrogen) atoms.